The Bertz CT molecular complexity index is 434. The van der Waals surface area contributed by atoms with Gasteiger partial charge in [0.25, 0.3) is 0 Å². The van der Waals surface area contributed by atoms with Crippen molar-refractivity contribution in [3.8, 4) is 5.75 Å². The van der Waals surface area contributed by atoms with E-state index >= 15 is 0 Å². The van der Waals surface area contributed by atoms with E-state index in [0.29, 0.717) is 11.3 Å². The van der Waals surface area contributed by atoms with Gasteiger partial charge in [0.1, 0.15) is 5.75 Å². The van der Waals surface area contributed by atoms with Crippen LogP contribution < -0.4 is 10.5 Å². The van der Waals surface area contributed by atoms with E-state index < -0.39 is 0 Å². The molecule has 2 atom stereocenters. The smallest absolute Gasteiger partial charge is 0.122 e. The third-order valence-corrected chi connectivity index (χ3v) is 4.41. The highest BCUT2D eigenvalue weighted by atomic mass is 16.5. The lowest BCUT2D eigenvalue weighted by molar-refractivity contribution is 0.243. The molecule has 3 rings (SSSR count). The van der Waals surface area contributed by atoms with Crippen LogP contribution in [-0.4, -0.2) is 37.7 Å². The first-order chi connectivity index (χ1) is 8.70. The van der Waals surface area contributed by atoms with Gasteiger partial charge in [-0.2, -0.15) is 0 Å². The number of ether oxygens (including phenoxy) is 1. The fourth-order valence-corrected chi connectivity index (χ4v) is 3.14. The van der Waals surface area contributed by atoms with Crippen LogP contribution in [0.3, 0.4) is 0 Å². The average Bonchev–Trinajstić information content (AvgIpc) is 2.96. The highest BCUT2D eigenvalue weighted by Gasteiger charge is 2.35. The van der Waals surface area contributed by atoms with Gasteiger partial charge in [0.15, 0.2) is 0 Å². The summed E-state index contributed by atoms with van der Waals surface area (Å²) in [6, 6.07) is 8.42. The predicted molar refractivity (Wildman–Crippen MR) is 72.9 cm³/mol. The fraction of sp³-hybridized carbons (Fsp3) is 0.600. The zero-order valence-electron chi connectivity index (χ0n) is 11.1. The minimum atomic E-state index is 0.318. The quantitative estimate of drug-likeness (QED) is 0.884. The summed E-state index contributed by atoms with van der Waals surface area (Å²) < 4.78 is 5.75. The van der Waals surface area contributed by atoms with Gasteiger partial charge in [-0.3, -0.25) is 0 Å². The molecule has 0 aliphatic carbocycles. The van der Waals surface area contributed by atoms with Gasteiger partial charge in [-0.1, -0.05) is 25.1 Å². The van der Waals surface area contributed by atoms with Crippen LogP contribution in [0.2, 0.25) is 0 Å². The molecule has 1 saturated heterocycles. The summed E-state index contributed by atoms with van der Waals surface area (Å²) in [6.07, 6.45) is 1.22. The lowest BCUT2D eigenvalue weighted by Gasteiger charge is -2.24. The molecule has 0 saturated carbocycles. The third kappa shape index (κ3) is 2.13. The second kappa shape index (κ2) is 4.56. The normalized spacial score (nSPS) is 31.3. The molecule has 3 heteroatoms. The van der Waals surface area contributed by atoms with Crippen molar-refractivity contribution in [2.75, 3.05) is 32.8 Å². The summed E-state index contributed by atoms with van der Waals surface area (Å²) in [7, 11) is 0. The Morgan fingerprint density at radius 3 is 3.06 bits per heavy atom. The molecular weight excluding hydrogens is 224 g/mol. The molecule has 1 aromatic carbocycles. The maximum Gasteiger partial charge on any atom is 0.122 e. The fourth-order valence-electron chi connectivity index (χ4n) is 3.14. The van der Waals surface area contributed by atoms with Crippen LogP contribution >= 0.6 is 0 Å². The summed E-state index contributed by atoms with van der Waals surface area (Å²) in [5.41, 5.74) is 7.56. The van der Waals surface area contributed by atoms with Crippen molar-refractivity contribution in [3.63, 3.8) is 0 Å². The molecule has 0 spiro atoms. The van der Waals surface area contributed by atoms with E-state index in [9.17, 15) is 0 Å². The second-order valence-corrected chi connectivity index (χ2v) is 6.05. The number of likely N-dealkylation sites (tertiary alicyclic amines) is 1. The highest BCUT2D eigenvalue weighted by Crippen LogP contribution is 2.36. The molecule has 3 nitrogen and oxygen atoms in total. The monoisotopic (exact) mass is 246 g/mol. The zero-order chi connectivity index (χ0) is 12.6. The van der Waals surface area contributed by atoms with Crippen LogP contribution in [0.1, 0.15) is 24.8 Å². The van der Waals surface area contributed by atoms with E-state index in [0.717, 1.165) is 32.0 Å². The largest absolute Gasteiger partial charge is 0.493 e. The minimum absolute atomic E-state index is 0.318. The third-order valence-electron chi connectivity index (χ3n) is 4.41. The Morgan fingerprint density at radius 1 is 1.44 bits per heavy atom. The van der Waals surface area contributed by atoms with Gasteiger partial charge in [-0.15, -0.1) is 0 Å². The summed E-state index contributed by atoms with van der Waals surface area (Å²) in [6.45, 7) is 7.32. The number of hydrogen-bond donors (Lipinski definition) is 1. The molecule has 0 radical (unpaired) electrons. The van der Waals surface area contributed by atoms with Gasteiger partial charge >= 0.3 is 0 Å². The Morgan fingerprint density at radius 2 is 2.28 bits per heavy atom. The molecule has 2 aliphatic rings. The summed E-state index contributed by atoms with van der Waals surface area (Å²) in [5, 5.41) is 0. The maximum atomic E-state index is 5.86. The zero-order valence-corrected chi connectivity index (χ0v) is 11.1. The van der Waals surface area contributed by atoms with Crippen LogP contribution in [-0.2, 0) is 0 Å². The lowest BCUT2D eigenvalue weighted by Crippen LogP contribution is -2.33. The van der Waals surface area contributed by atoms with E-state index in [4.69, 9.17) is 10.5 Å². The Balaban J connectivity index is 1.66. The molecule has 2 N–H and O–H groups in total. The molecule has 98 valence electrons. The van der Waals surface area contributed by atoms with E-state index in [1.807, 2.05) is 6.07 Å². The first-order valence-corrected chi connectivity index (χ1v) is 6.84. The Labute approximate surface area is 109 Å². The topological polar surface area (TPSA) is 38.5 Å². The predicted octanol–water partition coefficient (Wildman–Crippen LogP) is 1.83. The number of hydrogen-bond acceptors (Lipinski definition) is 3. The maximum absolute atomic E-state index is 5.86. The number of para-hydroxylation sites is 1. The van der Waals surface area contributed by atoms with Crippen molar-refractivity contribution in [2.45, 2.75) is 19.3 Å². The average molecular weight is 246 g/mol. The van der Waals surface area contributed by atoms with Gasteiger partial charge < -0.3 is 15.4 Å². The number of benzene rings is 1. The standard InChI is InChI=1S/C15H22N2O/c1-15(10-16)6-7-17(11-15)8-12-9-18-14-5-3-2-4-13(12)14/h2-5,12H,6-11,16H2,1H3. The van der Waals surface area contributed by atoms with E-state index in [1.165, 1.54) is 18.5 Å². The van der Waals surface area contributed by atoms with Crippen molar-refractivity contribution < 1.29 is 4.74 Å². The number of nitrogens with two attached hydrogens (primary N) is 1. The number of fused-ring (bicyclic) bond motifs is 1. The minimum Gasteiger partial charge on any atom is -0.493 e. The van der Waals surface area contributed by atoms with E-state index in [1.54, 1.807) is 0 Å². The van der Waals surface area contributed by atoms with Crippen LogP contribution in [0.5, 0.6) is 5.75 Å². The van der Waals surface area contributed by atoms with Gasteiger partial charge in [-0.25, -0.2) is 0 Å². The van der Waals surface area contributed by atoms with Crippen LogP contribution in [0.25, 0.3) is 0 Å². The summed E-state index contributed by atoms with van der Waals surface area (Å²) in [5.74, 6) is 1.60. The van der Waals surface area contributed by atoms with Crippen molar-refractivity contribution in [1.29, 1.82) is 0 Å². The van der Waals surface area contributed by atoms with Crippen LogP contribution in [0.15, 0.2) is 24.3 Å². The molecule has 1 aromatic rings. The summed E-state index contributed by atoms with van der Waals surface area (Å²) in [4.78, 5) is 2.54. The number of rotatable bonds is 3. The Kier molecular flexibility index (Phi) is 3.04. The van der Waals surface area contributed by atoms with Crippen molar-refractivity contribution in [1.82, 2.24) is 4.90 Å². The lowest BCUT2D eigenvalue weighted by atomic mass is 9.90. The molecule has 0 aromatic heterocycles. The molecule has 2 aliphatic heterocycles. The molecule has 2 unspecified atom stereocenters. The SMILES string of the molecule is CC1(CN)CCN(CC2COc3ccccc32)C1. The molecule has 0 bridgehead atoms. The molecule has 1 fully saturated rings. The van der Waals surface area contributed by atoms with Crippen molar-refractivity contribution >= 4 is 0 Å². The first kappa shape index (κ1) is 12.0. The molecule has 0 amide bonds. The molecular formula is C15H22N2O. The highest BCUT2D eigenvalue weighted by molar-refractivity contribution is 5.39. The van der Waals surface area contributed by atoms with Gasteiger partial charge in [-0.05, 0) is 31.0 Å². The van der Waals surface area contributed by atoms with E-state index in [-0.39, 0.29) is 0 Å². The second-order valence-electron chi connectivity index (χ2n) is 6.05. The molecule has 2 heterocycles. The summed E-state index contributed by atoms with van der Waals surface area (Å²) >= 11 is 0. The number of nitrogens with zero attached hydrogens (tertiary/aromatic N) is 1. The van der Waals surface area contributed by atoms with Gasteiger partial charge in [0, 0.05) is 24.6 Å². The Hall–Kier alpha value is -1.06. The van der Waals surface area contributed by atoms with Crippen molar-refractivity contribution in [3.05, 3.63) is 29.8 Å². The van der Waals surface area contributed by atoms with Gasteiger partial charge in [0.2, 0.25) is 0 Å². The first-order valence-electron chi connectivity index (χ1n) is 6.84. The van der Waals surface area contributed by atoms with E-state index in [2.05, 4.69) is 30.0 Å². The van der Waals surface area contributed by atoms with Gasteiger partial charge in [0.05, 0.1) is 6.61 Å². The van der Waals surface area contributed by atoms with Crippen LogP contribution in [0, 0.1) is 5.41 Å². The van der Waals surface area contributed by atoms with Crippen molar-refractivity contribution in [2.24, 2.45) is 11.1 Å². The van der Waals surface area contributed by atoms with Crippen LogP contribution in [0.4, 0.5) is 0 Å². The molecule has 18 heavy (non-hydrogen) atoms.